The lowest BCUT2D eigenvalue weighted by molar-refractivity contribution is 0.0919. The molecule has 0 unspecified atom stereocenters. The lowest BCUT2D eigenvalue weighted by atomic mass is 10.2. The van der Waals surface area contributed by atoms with Crippen LogP contribution in [0.25, 0.3) is 0 Å². The molecule has 6 heteroatoms. The van der Waals surface area contributed by atoms with E-state index in [4.69, 9.17) is 32.4 Å². The van der Waals surface area contributed by atoms with Gasteiger partial charge in [0.15, 0.2) is 5.76 Å². The van der Waals surface area contributed by atoms with Crippen molar-refractivity contribution in [3.05, 3.63) is 87.8 Å². The van der Waals surface area contributed by atoms with Crippen molar-refractivity contribution in [3.8, 4) is 5.75 Å². The Bertz CT molecular complexity index is 862. The number of nitrogens with one attached hydrogen (secondary N) is 1. The maximum atomic E-state index is 12.2. The van der Waals surface area contributed by atoms with Crippen LogP contribution in [0.1, 0.15) is 21.9 Å². The molecular formula is C19H15Cl2NO3. The molecule has 0 radical (unpaired) electrons. The van der Waals surface area contributed by atoms with Gasteiger partial charge in [-0.05, 0) is 42.0 Å². The molecule has 0 spiro atoms. The Morgan fingerprint density at radius 1 is 1.04 bits per heavy atom. The van der Waals surface area contributed by atoms with Gasteiger partial charge < -0.3 is 14.5 Å². The first-order valence-electron chi connectivity index (χ1n) is 7.60. The molecule has 1 N–H and O–H groups in total. The molecule has 0 aliphatic rings. The van der Waals surface area contributed by atoms with Crippen molar-refractivity contribution in [1.82, 2.24) is 5.32 Å². The first-order valence-corrected chi connectivity index (χ1v) is 8.36. The third-order valence-electron chi connectivity index (χ3n) is 3.46. The van der Waals surface area contributed by atoms with E-state index in [1.807, 2.05) is 30.3 Å². The SMILES string of the molecule is O=C(NCc1ccc(Cl)cc1Cl)c1ccc(COc2ccccc2)o1. The van der Waals surface area contributed by atoms with Crippen molar-refractivity contribution in [2.24, 2.45) is 0 Å². The maximum Gasteiger partial charge on any atom is 0.287 e. The quantitative estimate of drug-likeness (QED) is 0.652. The summed E-state index contributed by atoms with van der Waals surface area (Å²) in [5, 5.41) is 3.82. The van der Waals surface area contributed by atoms with Gasteiger partial charge >= 0.3 is 0 Å². The Hall–Kier alpha value is -2.43. The van der Waals surface area contributed by atoms with Gasteiger partial charge in [-0.2, -0.15) is 0 Å². The molecule has 2 aromatic carbocycles. The van der Waals surface area contributed by atoms with Crippen LogP contribution in [0.15, 0.2) is 65.1 Å². The Kier molecular flexibility index (Phi) is 5.64. The Labute approximate surface area is 155 Å². The third kappa shape index (κ3) is 4.78. The van der Waals surface area contributed by atoms with Crippen molar-refractivity contribution in [2.45, 2.75) is 13.2 Å². The molecule has 0 aliphatic heterocycles. The molecule has 128 valence electrons. The van der Waals surface area contributed by atoms with E-state index < -0.39 is 0 Å². The van der Waals surface area contributed by atoms with Crippen molar-refractivity contribution < 1.29 is 13.9 Å². The molecule has 1 aromatic heterocycles. The smallest absolute Gasteiger partial charge is 0.287 e. The number of carbonyl (C=O) groups excluding carboxylic acids is 1. The number of rotatable bonds is 6. The van der Waals surface area contributed by atoms with E-state index in [1.54, 1.807) is 30.3 Å². The minimum absolute atomic E-state index is 0.219. The Morgan fingerprint density at radius 2 is 1.84 bits per heavy atom. The third-order valence-corrected chi connectivity index (χ3v) is 4.05. The average molecular weight is 376 g/mol. The predicted octanol–water partition coefficient (Wildman–Crippen LogP) is 5.10. The number of furan rings is 1. The van der Waals surface area contributed by atoms with Gasteiger partial charge in [-0.15, -0.1) is 0 Å². The van der Waals surface area contributed by atoms with Crippen molar-refractivity contribution in [3.63, 3.8) is 0 Å². The molecule has 0 saturated carbocycles. The maximum absolute atomic E-state index is 12.2. The van der Waals surface area contributed by atoms with Gasteiger partial charge in [0, 0.05) is 16.6 Å². The van der Waals surface area contributed by atoms with Crippen molar-refractivity contribution in [2.75, 3.05) is 0 Å². The van der Waals surface area contributed by atoms with Gasteiger partial charge in [-0.3, -0.25) is 4.79 Å². The van der Waals surface area contributed by atoms with Crippen LogP contribution in [0, 0.1) is 0 Å². The van der Waals surface area contributed by atoms with Gasteiger partial charge in [0.2, 0.25) is 0 Å². The normalized spacial score (nSPS) is 10.5. The van der Waals surface area contributed by atoms with E-state index in [9.17, 15) is 4.79 Å². The topological polar surface area (TPSA) is 51.5 Å². The molecule has 4 nitrogen and oxygen atoms in total. The van der Waals surface area contributed by atoms with Gasteiger partial charge in [0.25, 0.3) is 5.91 Å². The number of carbonyl (C=O) groups is 1. The summed E-state index contributed by atoms with van der Waals surface area (Å²) in [6, 6.07) is 17.9. The number of amides is 1. The summed E-state index contributed by atoms with van der Waals surface area (Å²) < 4.78 is 11.1. The monoisotopic (exact) mass is 375 g/mol. The fourth-order valence-electron chi connectivity index (χ4n) is 2.18. The van der Waals surface area contributed by atoms with Crippen LogP contribution in [0.4, 0.5) is 0 Å². The molecule has 1 heterocycles. The second-order valence-electron chi connectivity index (χ2n) is 5.29. The molecule has 0 aliphatic carbocycles. The van der Waals surface area contributed by atoms with Crippen LogP contribution in [0.5, 0.6) is 5.75 Å². The molecular weight excluding hydrogens is 361 g/mol. The van der Waals surface area contributed by atoms with E-state index in [1.165, 1.54) is 0 Å². The molecule has 3 aromatic rings. The van der Waals surface area contributed by atoms with Gasteiger partial charge in [0.05, 0.1) is 0 Å². The van der Waals surface area contributed by atoms with Gasteiger partial charge in [-0.1, -0.05) is 47.5 Å². The highest BCUT2D eigenvalue weighted by atomic mass is 35.5. The zero-order chi connectivity index (χ0) is 17.6. The molecule has 0 fully saturated rings. The number of benzene rings is 2. The predicted molar refractivity (Wildman–Crippen MR) is 97.1 cm³/mol. The van der Waals surface area contributed by atoms with Crippen molar-refractivity contribution in [1.29, 1.82) is 0 Å². The van der Waals surface area contributed by atoms with Crippen LogP contribution in [0.2, 0.25) is 10.0 Å². The minimum atomic E-state index is -0.322. The van der Waals surface area contributed by atoms with Crippen LogP contribution in [-0.2, 0) is 13.2 Å². The zero-order valence-electron chi connectivity index (χ0n) is 13.2. The first kappa shape index (κ1) is 17.4. The van der Waals surface area contributed by atoms with E-state index in [-0.39, 0.29) is 24.8 Å². The number of hydrogen-bond donors (Lipinski definition) is 1. The summed E-state index contributed by atoms with van der Waals surface area (Å²) in [4.78, 5) is 12.2. The lowest BCUT2D eigenvalue weighted by Gasteiger charge is -2.06. The molecule has 25 heavy (non-hydrogen) atoms. The van der Waals surface area contributed by atoms with E-state index >= 15 is 0 Å². The molecule has 0 bridgehead atoms. The van der Waals surface area contributed by atoms with Crippen LogP contribution < -0.4 is 10.1 Å². The molecule has 3 rings (SSSR count). The minimum Gasteiger partial charge on any atom is -0.486 e. The second kappa shape index (κ2) is 8.10. The summed E-state index contributed by atoms with van der Waals surface area (Å²) in [7, 11) is 0. The molecule has 0 atom stereocenters. The summed E-state index contributed by atoms with van der Waals surface area (Å²) in [5.74, 6) is 1.20. The van der Waals surface area contributed by atoms with E-state index in [0.29, 0.717) is 15.8 Å². The van der Waals surface area contributed by atoms with Crippen LogP contribution in [0.3, 0.4) is 0 Å². The summed E-state index contributed by atoms with van der Waals surface area (Å²) in [6.45, 7) is 0.533. The van der Waals surface area contributed by atoms with E-state index in [2.05, 4.69) is 5.32 Å². The number of halogens is 2. The number of hydrogen-bond acceptors (Lipinski definition) is 3. The first-order chi connectivity index (χ1) is 12.1. The standard InChI is InChI=1S/C19H15Cl2NO3/c20-14-7-6-13(17(21)10-14)11-22-19(23)18-9-8-16(25-18)12-24-15-4-2-1-3-5-15/h1-10H,11-12H2,(H,22,23). The zero-order valence-corrected chi connectivity index (χ0v) is 14.7. The highest BCUT2D eigenvalue weighted by Gasteiger charge is 2.12. The molecule has 0 saturated heterocycles. The van der Waals surface area contributed by atoms with Gasteiger partial charge in [0.1, 0.15) is 18.1 Å². The number of para-hydroxylation sites is 1. The summed E-state index contributed by atoms with van der Waals surface area (Å²) in [5.41, 5.74) is 0.776. The summed E-state index contributed by atoms with van der Waals surface area (Å²) in [6.07, 6.45) is 0. The Balaban J connectivity index is 1.55. The summed E-state index contributed by atoms with van der Waals surface area (Å²) >= 11 is 11.9. The fourth-order valence-corrected chi connectivity index (χ4v) is 2.65. The van der Waals surface area contributed by atoms with Crippen LogP contribution in [-0.4, -0.2) is 5.91 Å². The highest BCUT2D eigenvalue weighted by molar-refractivity contribution is 6.35. The number of ether oxygens (including phenoxy) is 1. The van der Waals surface area contributed by atoms with Crippen LogP contribution >= 0.6 is 23.2 Å². The van der Waals surface area contributed by atoms with Crippen molar-refractivity contribution >= 4 is 29.1 Å². The van der Waals surface area contributed by atoms with Gasteiger partial charge in [-0.25, -0.2) is 0 Å². The second-order valence-corrected chi connectivity index (χ2v) is 6.13. The Morgan fingerprint density at radius 3 is 2.60 bits per heavy atom. The average Bonchev–Trinajstić information content (AvgIpc) is 3.09. The van der Waals surface area contributed by atoms with E-state index in [0.717, 1.165) is 11.3 Å². The largest absolute Gasteiger partial charge is 0.486 e. The highest BCUT2D eigenvalue weighted by Crippen LogP contribution is 2.21. The fraction of sp³-hybridized carbons (Fsp3) is 0.105. The lowest BCUT2D eigenvalue weighted by Crippen LogP contribution is -2.22. The molecule has 1 amide bonds.